The molecule has 2 saturated heterocycles. The quantitative estimate of drug-likeness (QED) is 0.565. The topological polar surface area (TPSA) is 101 Å². The molecule has 0 radical (unpaired) electrons. The average molecular weight is 451 g/mol. The Labute approximate surface area is 190 Å². The number of aromatic nitrogens is 3. The summed E-state index contributed by atoms with van der Waals surface area (Å²) in [5, 5.41) is 13.8. The number of hydrogen-bond donors (Lipinski definition) is 3. The fraction of sp³-hybridized carbons (Fsp3) is 0.304. The third-order valence-electron chi connectivity index (χ3n) is 6.34. The second-order valence-electron chi connectivity index (χ2n) is 8.27. The molecule has 164 valence electrons. The summed E-state index contributed by atoms with van der Waals surface area (Å²) < 4.78 is 1.77. The maximum absolute atomic E-state index is 13.0. The van der Waals surface area contributed by atoms with Crippen LogP contribution in [0.4, 0.5) is 0 Å². The number of aryl methyl sites for hydroxylation is 1. The van der Waals surface area contributed by atoms with Gasteiger partial charge in [0.1, 0.15) is 5.54 Å². The summed E-state index contributed by atoms with van der Waals surface area (Å²) in [6.07, 6.45) is 7.63. The number of rotatable bonds is 3. The normalized spacial score (nSPS) is 23.1. The molecule has 5 rings (SSSR count). The summed E-state index contributed by atoms with van der Waals surface area (Å²) in [5.74, 6) is -0.706. The van der Waals surface area contributed by atoms with Gasteiger partial charge in [0.05, 0.1) is 17.8 Å². The average Bonchev–Trinajstić information content (AvgIpc) is 3.23. The molecular weight excluding hydrogens is 428 g/mol. The van der Waals surface area contributed by atoms with E-state index in [0.29, 0.717) is 24.5 Å². The van der Waals surface area contributed by atoms with E-state index in [1.807, 2.05) is 43.7 Å². The SMILES string of the molecule is Cn1cc(-c2ccc(-c3cncc(Cl)c3C3CNCCC34NC(=O)CNC4=O)cc2)cn1. The second-order valence-corrected chi connectivity index (χ2v) is 8.68. The number of piperidine rings is 1. The zero-order valence-electron chi connectivity index (χ0n) is 17.6. The summed E-state index contributed by atoms with van der Waals surface area (Å²) in [6, 6.07) is 8.09. The number of halogens is 1. The van der Waals surface area contributed by atoms with E-state index >= 15 is 0 Å². The van der Waals surface area contributed by atoms with Gasteiger partial charge < -0.3 is 16.0 Å². The van der Waals surface area contributed by atoms with Crippen molar-refractivity contribution in [3.63, 3.8) is 0 Å². The number of carbonyl (C=O) groups excluding carboxylic acids is 2. The molecule has 9 heteroatoms. The van der Waals surface area contributed by atoms with Gasteiger partial charge in [-0.1, -0.05) is 35.9 Å². The van der Waals surface area contributed by atoms with E-state index in [1.165, 1.54) is 0 Å². The van der Waals surface area contributed by atoms with Gasteiger partial charge in [-0.15, -0.1) is 0 Å². The smallest absolute Gasteiger partial charge is 0.246 e. The van der Waals surface area contributed by atoms with Gasteiger partial charge in [0.15, 0.2) is 0 Å². The summed E-state index contributed by atoms with van der Waals surface area (Å²) in [7, 11) is 1.88. The van der Waals surface area contributed by atoms with Crippen LogP contribution in [0.1, 0.15) is 17.9 Å². The number of piperazine rings is 1. The van der Waals surface area contributed by atoms with E-state index in [9.17, 15) is 9.59 Å². The molecular formula is C23H23ClN6O2. The minimum absolute atomic E-state index is 0.00648. The fourth-order valence-electron chi connectivity index (χ4n) is 4.76. The van der Waals surface area contributed by atoms with Crippen LogP contribution in [0, 0.1) is 0 Å². The van der Waals surface area contributed by atoms with Crippen LogP contribution in [0.5, 0.6) is 0 Å². The molecule has 2 aliphatic rings. The zero-order valence-corrected chi connectivity index (χ0v) is 18.3. The fourth-order valence-corrected chi connectivity index (χ4v) is 5.05. The number of benzene rings is 1. The Morgan fingerprint density at radius 3 is 2.62 bits per heavy atom. The van der Waals surface area contributed by atoms with Gasteiger partial charge in [-0.2, -0.15) is 5.10 Å². The van der Waals surface area contributed by atoms with Gasteiger partial charge >= 0.3 is 0 Å². The first-order valence-electron chi connectivity index (χ1n) is 10.5. The van der Waals surface area contributed by atoms with Crippen LogP contribution in [0.25, 0.3) is 22.3 Å². The highest BCUT2D eigenvalue weighted by atomic mass is 35.5. The Morgan fingerprint density at radius 1 is 1.09 bits per heavy atom. The van der Waals surface area contributed by atoms with Gasteiger partial charge in [-0.05, 0) is 29.7 Å². The lowest BCUT2D eigenvalue weighted by Crippen LogP contribution is -2.71. The van der Waals surface area contributed by atoms with Gasteiger partial charge in [-0.3, -0.25) is 19.3 Å². The minimum atomic E-state index is -1.05. The molecule has 2 aromatic heterocycles. The molecule has 32 heavy (non-hydrogen) atoms. The minimum Gasteiger partial charge on any atom is -0.345 e. The highest BCUT2D eigenvalue weighted by Crippen LogP contribution is 2.42. The predicted octanol–water partition coefficient (Wildman–Crippen LogP) is 1.86. The van der Waals surface area contributed by atoms with Crippen molar-refractivity contribution in [2.24, 2.45) is 7.05 Å². The molecule has 8 nitrogen and oxygen atoms in total. The first-order valence-corrected chi connectivity index (χ1v) is 10.9. The van der Waals surface area contributed by atoms with Gasteiger partial charge in [0, 0.05) is 49.2 Å². The second kappa shape index (κ2) is 8.03. The molecule has 2 amide bonds. The van der Waals surface area contributed by atoms with Crippen LogP contribution in [-0.4, -0.2) is 51.8 Å². The van der Waals surface area contributed by atoms with Crippen molar-refractivity contribution in [3.8, 4) is 22.3 Å². The Bertz CT molecular complexity index is 1190. The molecule has 2 fully saturated rings. The molecule has 2 unspecified atom stereocenters. The zero-order chi connectivity index (χ0) is 22.3. The molecule has 2 aliphatic heterocycles. The van der Waals surface area contributed by atoms with E-state index < -0.39 is 5.54 Å². The number of nitrogens with one attached hydrogen (secondary N) is 3. The van der Waals surface area contributed by atoms with Crippen molar-refractivity contribution in [2.45, 2.75) is 17.9 Å². The van der Waals surface area contributed by atoms with E-state index in [0.717, 1.165) is 27.8 Å². The number of hydrogen-bond acceptors (Lipinski definition) is 5. The molecule has 1 spiro atoms. The molecule has 0 aliphatic carbocycles. The van der Waals surface area contributed by atoms with Crippen molar-refractivity contribution in [1.29, 1.82) is 0 Å². The molecule has 0 saturated carbocycles. The van der Waals surface area contributed by atoms with E-state index in [-0.39, 0.29) is 24.3 Å². The molecule has 3 N–H and O–H groups in total. The molecule has 2 atom stereocenters. The standard InChI is InChI=1S/C23H23ClN6O2/c1-30-13-16(8-28-30)14-2-4-15(5-3-14)17-9-26-11-19(24)21(17)18-10-25-7-6-23(18)22(32)27-12-20(31)29-23/h2-5,8-9,11,13,18,25H,6-7,10,12H2,1H3,(H,27,32)(H,29,31). The summed E-state index contributed by atoms with van der Waals surface area (Å²) in [6.45, 7) is 1.13. The van der Waals surface area contributed by atoms with E-state index in [2.05, 4.69) is 26.0 Å². The lowest BCUT2D eigenvalue weighted by molar-refractivity contribution is -0.140. The highest BCUT2D eigenvalue weighted by Gasteiger charge is 2.52. The number of nitrogens with zero attached hydrogens (tertiary/aromatic N) is 3. The summed E-state index contributed by atoms with van der Waals surface area (Å²) >= 11 is 6.68. The van der Waals surface area contributed by atoms with Crippen LogP contribution in [0.15, 0.2) is 49.1 Å². The molecule has 1 aromatic carbocycles. The van der Waals surface area contributed by atoms with Crippen LogP contribution in [-0.2, 0) is 16.6 Å². The molecule has 0 bridgehead atoms. The van der Waals surface area contributed by atoms with Gasteiger partial charge in [0.2, 0.25) is 11.8 Å². The Kier molecular flexibility index (Phi) is 5.19. The summed E-state index contributed by atoms with van der Waals surface area (Å²) in [4.78, 5) is 29.6. The number of carbonyl (C=O) groups is 2. The van der Waals surface area contributed by atoms with Crippen molar-refractivity contribution >= 4 is 23.4 Å². The lowest BCUT2D eigenvalue weighted by Gasteiger charge is -2.46. The number of amides is 2. The Morgan fingerprint density at radius 2 is 1.88 bits per heavy atom. The summed E-state index contributed by atoms with van der Waals surface area (Å²) in [5.41, 5.74) is 3.62. The highest BCUT2D eigenvalue weighted by molar-refractivity contribution is 6.31. The van der Waals surface area contributed by atoms with E-state index in [4.69, 9.17) is 11.6 Å². The lowest BCUT2D eigenvalue weighted by atomic mass is 9.71. The van der Waals surface area contributed by atoms with Crippen LogP contribution in [0.2, 0.25) is 5.02 Å². The third-order valence-corrected chi connectivity index (χ3v) is 6.64. The van der Waals surface area contributed by atoms with Gasteiger partial charge in [-0.25, -0.2) is 0 Å². The van der Waals surface area contributed by atoms with Crippen LogP contribution < -0.4 is 16.0 Å². The monoisotopic (exact) mass is 450 g/mol. The Balaban J connectivity index is 1.58. The maximum atomic E-state index is 13.0. The van der Waals surface area contributed by atoms with Crippen LogP contribution >= 0.6 is 11.6 Å². The first kappa shape index (κ1) is 20.7. The van der Waals surface area contributed by atoms with E-state index in [1.54, 1.807) is 17.1 Å². The molecule has 4 heterocycles. The molecule has 3 aromatic rings. The van der Waals surface area contributed by atoms with Gasteiger partial charge in [0.25, 0.3) is 0 Å². The maximum Gasteiger partial charge on any atom is 0.246 e. The van der Waals surface area contributed by atoms with Crippen molar-refractivity contribution in [2.75, 3.05) is 19.6 Å². The van der Waals surface area contributed by atoms with Crippen molar-refractivity contribution in [1.82, 2.24) is 30.7 Å². The van der Waals surface area contributed by atoms with Crippen molar-refractivity contribution < 1.29 is 9.59 Å². The van der Waals surface area contributed by atoms with Crippen LogP contribution in [0.3, 0.4) is 0 Å². The first-order chi connectivity index (χ1) is 15.5. The Hall–Kier alpha value is -3.23. The largest absolute Gasteiger partial charge is 0.345 e. The van der Waals surface area contributed by atoms with Crippen molar-refractivity contribution in [3.05, 3.63) is 59.6 Å². The predicted molar refractivity (Wildman–Crippen MR) is 121 cm³/mol. The third kappa shape index (κ3) is 3.45. The number of pyridine rings is 1.